The Hall–Kier alpha value is -2.29. The highest BCUT2D eigenvalue weighted by Crippen LogP contribution is 2.20. The zero-order valence-corrected chi connectivity index (χ0v) is 14.9. The average molecular weight is 352 g/mol. The minimum atomic E-state index is 0.540. The Labute approximate surface area is 154 Å². The molecule has 0 aliphatic rings. The third-order valence-electron chi connectivity index (χ3n) is 4.03. The minimum Gasteiger partial charge on any atom is -0.489 e. The standard InChI is InChI=1S/C22H22ClNO/c23-21-12-10-19(11-13-21)17-25-22-9-5-4-8-20(22)16-24-15-14-18-6-2-1-3-7-18/h1-13,24H,14-17H2. The molecule has 0 aliphatic carbocycles. The first-order valence-electron chi connectivity index (χ1n) is 8.51. The summed E-state index contributed by atoms with van der Waals surface area (Å²) < 4.78 is 6.00. The molecular weight excluding hydrogens is 330 g/mol. The average Bonchev–Trinajstić information content (AvgIpc) is 2.66. The number of para-hydroxylation sites is 1. The summed E-state index contributed by atoms with van der Waals surface area (Å²) >= 11 is 5.92. The molecule has 0 saturated heterocycles. The van der Waals surface area contributed by atoms with Crippen LogP contribution in [0.4, 0.5) is 0 Å². The van der Waals surface area contributed by atoms with Crippen molar-refractivity contribution in [2.24, 2.45) is 0 Å². The largest absolute Gasteiger partial charge is 0.489 e. The predicted molar refractivity (Wildman–Crippen MR) is 104 cm³/mol. The van der Waals surface area contributed by atoms with E-state index in [0.717, 1.165) is 35.8 Å². The zero-order valence-electron chi connectivity index (χ0n) is 14.1. The number of hydrogen-bond donors (Lipinski definition) is 1. The van der Waals surface area contributed by atoms with Crippen LogP contribution in [0.5, 0.6) is 5.75 Å². The topological polar surface area (TPSA) is 21.3 Å². The Morgan fingerprint density at radius 1 is 0.760 bits per heavy atom. The highest BCUT2D eigenvalue weighted by molar-refractivity contribution is 6.30. The summed E-state index contributed by atoms with van der Waals surface area (Å²) in [6.45, 7) is 2.28. The van der Waals surface area contributed by atoms with E-state index in [2.05, 4.69) is 35.6 Å². The fraction of sp³-hybridized carbons (Fsp3) is 0.182. The van der Waals surface area contributed by atoms with Crippen molar-refractivity contribution in [1.82, 2.24) is 5.32 Å². The second-order valence-corrected chi connectivity index (χ2v) is 6.37. The van der Waals surface area contributed by atoms with Gasteiger partial charge in [0, 0.05) is 17.1 Å². The van der Waals surface area contributed by atoms with Gasteiger partial charge in [0.05, 0.1) is 0 Å². The molecule has 0 amide bonds. The lowest BCUT2D eigenvalue weighted by Crippen LogP contribution is -2.17. The molecular formula is C22H22ClNO. The molecule has 3 rings (SSSR count). The van der Waals surface area contributed by atoms with E-state index in [1.54, 1.807) is 0 Å². The summed E-state index contributed by atoms with van der Waals surface area (Å²) in [6.07, 6.45) is 1.02. The summed E-state index contributed by atoms with van der Waals surface area (Å²) in [4.78, 5) is 0. The summed E-state index contributed by atoms with van der Waals surface area (Å²) in [7, 11) is 0. The molecule has 0 radical (unpaired) electrons. The number of nitrogens with one attached hydrogen (secondary N) is 1. The quantitative estimate of drug-likeness (QED) is 0.559. The zero-order chi connectivity index (χ0) is 17.3. The van der Waals surface area contributed by atoms with Crippen LogP contribution in [-0.2, 0) is 19.6 Å². The van der Waals surface area contributed by atoms with E-state index >= 15 is 0 Å². The Kier molecular flexibility index (Phi) is 6.49. The van der Waals surface area contributed by atoms with Crippen molar-refractivity contribution in [2.75, 3.05) is 6.54 Å². The van der Waals surface area contributed by atoms with Crippen molar-refractivity contribution in [3.05, 3.63) is 101 Å². The van der Waals surface area contributed by atoms with Crippen LogP contribution in [-0.4, -0.2) is 6.54 Å². The van der Waals surface area contributed by atoms with Gasteiger partial charge in [0.15, 0.2) is 0 Å². The maximum atomic E-state index is 6.00. The molecule has 0 unspecified atom stereocenters. The van der Waals surface area contributed by atoms with E-state index in [1.807, 2.05) is 48.5 Å². The van der Waals surface area contributed by atoms with Crippen molar-refractivity contribution < 1.29 is 4.74 Å². The van der Waals surface area contributed by atoms with Gasteiger partial charge < -0.3 is 10.1 Å². The Balaban J connectivity index is 1.51. The normalized spacial score (nSPS) is 10.6. The van der Waals surface area contributed by atoms with E-state index < -0.39 is 0 Å². The Bertz CT molecular complexity index is 772. The minimum absolute atomic E-state index is 0.540. The van der Waals surface area contributed by atoms with Crippen molar-refractivity contribution in [3.8, 4) is 5.75 Å². The van der Waals surface area contributed by atoms with Crippen LogP contribution in [0.1, 0.15) is 16.7 Å². The van der Waals surface area contributed by atoms with E-state index in [9.17, 15) is 0 Å². The molecule has 2 nitrogen and oxygen atoms in total. The van der Waals surface area contributed by atoms with Gasteiger partial charge in [-0.1, -0.05) is 72.3 Å². The van der Waals surface area contributed by atoms with Crippen LogP contribution in [0.15, 0.2) is 78.9 Å². The molecule has 0 heterocycles. The fourth-order valence-electron chi connectivity index (χ4n) is 2.63. The molecule has 0 atom stereocenters. The molecule has 3 aromatic carbocycles. The van der Waals surface area contributed by atoms with Crippen LogP contribution in [0, 0.1) is 0 Å². The molecule has 0 bridgehead atoms. The molecule has 0 spiro atoms. The molecule has 128 valence electrons. The third-order valence-corrected chi connectivity index (χ3v) is 4.28. The van der Waals surface area contributed by atoms with Crippen LogP contribution < -0.4 is 10.1 Å². The second-order valence-electron chi connectivity index (χ2n) is 5.94. The SMILES string of the molecule is Clc1ccc(COc2ccccc2CNCCc2ccccc2)cc1. The van der Waals surface area contributed by atoms with Gasteiger partial charge in [0.2, 0.25) is 0 Å². The van der Waals surface area contributed by atoms with Crippen molar-refractivity contribution >= 4 is 11.6 Å². The van der Waals surface area contributed by atoms with Gasteiger partial charge in [0.25, 0.3) is 0 Å². The molecule has 25 heavy (non-hydrogen) atoms. The van der Waals surface area contributed by atoms with Gasteiger partial charge in [-0.2, -0.15) is 0 Å². The van der Waals surface area contributed by atoms with Gasteiger partial charge in [-0.05, 0) is 42.3 Å². The van der Waals surface area contributed by atoms with Crippen molar-refractivity contribution in [2.45, 2.75) is 19.6 Å². The highest BCUT2D eigenvalue weighted by atomic mass is 35.5. The monoisotopic (exact) mass is 351 g/mol. The first kappa shape index (κ1) is 17.5. The molecule has 3 aromatic rings. The van der Waals surface area contributed by atoms with Gasteiger partial charge in [0.1, 0.15) is 12.4 Å². The number of ether oxygens (including phenoxy) is 1. The van der Waals surface area contributed by atoms with E-state index in [0.29, 0.717) is 6.61 Å². The number of benzene rings is 3. The highest BCUT2D eigenvalue weighted by Gasteiger charge is 2.03. The predicted octanol–water partition coefficient (Wildman–Crippen LogP) is 5.25. The summed E-state index contributed by atoms with van der Waals surface area (Å²) in [5.74, 6) is 0.921. The van der Waals surface area contributed by atoms with Gasteiger partial charge >= 0.3 is 0 Å². The van der Waals surface area contributed by atoms with E-state index in [4.69, 9.17) is 16.3 Å². The molecule has 1 N–H and O–H groups in total. The Morgan fingerprint density at radius 2 is 1.48 bits per heavy atom. The van der Waals surface area contributed by atoms with Crippen LogP contribution in [0.25, 0.3) is 0 Å². The van der Waals surface area contributed by atoms with E-state index in [-0.39, 0.29) is 0 Å². The maximum Gasteiger partial charge on any atom is 0.124 e. The Morgan fingerprint density at radius 3 is 2.28 bits per heavy atom. The number of hydrogen-bond acceptors (Lipinski definition) is 2. The maximum absolute atomic E-state index is 6.00. The van der Waals surface area contributed by atoms with Crippen LogP contribution in [0.3, 0.4) is 0 Å². The van der Waals surface area contributed by atoms with E-state index in [1.165, 1.54) is 11.1 Å². The van der Waals surface area contributed by atoms with Crippen LogP contribution >= 0.6 is 11.6 Å². The van der Waals surface area contributed by atoms with Crippen molar-refractivity contribution in [1.29, 1.82) is 0 Å². The molecule has 0 aliphatic heterocycles. The molecule has 0 saturated carbocycles. The summed E-state index contributed by atoms with van der Waals surface area (Å²) in [5, 5.41) is 4.24. The second kappa shape index (κ2) is 9.26. The number of halogens is 1. The molecule has 0 fully saturated rings. The first-order valence-corrected chi connectivity index (χ1v) is 8.89. The molecule has 0 aromatic heterocycles. The molecule has 3 heteroatoms. The fourth-order valence-corrected chi connectivity index (χ4v) is 2.76. The third kappa shape index (κ3) is 5.63. The smallest absolute Gasteiger partial charge is 0.124 e. The first-order chi connectivity index (χ1) is 12.3. The lowest BCUT2D eigenvalue weighted by atomic mass is 10.1. The lowest BCUT2D eigenvalue weighted by Gasteiger charge is -2.12. The van der Waals surface area contributed by atoms with Gasteiger partial charge in [-0.3, -0.25) is 0 Å². The van der Waals surface area contributed by atoms with Crippen LogP contribution in [0.2, 0.25) is 5.02 Å². The summed E-state index contributed by atoms with van der Waals surface area (Å²) in [5.41, 5.74) is 3.63. The number of rotatable bonds is 8. The van der Waals surface area contributed by atoms with Crippen molar-refractivity contribution in [3.63, 3.8) is 0 Å². The van der Waals surface area contributed by atoms with Gasteiger partial charge in [-0.25, -0.2) is 0 Å². The van der Waals surface area contributed by atoms with Gasteiger partial charge in [-0.15, -0.1) is 0 Å². The lowest BCUT2D eigenvalue weighted by molar-refractivity contribution is 0.302. The summed E-state index contributed by atoms with van der Waals surface area (Å²) in [6, 6.07) is 26.4.